The van der Waals surface area contributed by atoms with E-state index in [1.54, 1.807) is 12.1 Å². The number of halogens is 2. The molecule has 1 aromatic rings. The first kappa shape index (κ1) is 14.6. The van der Waals surface area contributed by atoms with E-state index in [1.807, 2.05) is 0 Å². The molecule has 6 heteroatoms. The molecule has 0 spiro atoms. The van der Waals surface area contributed by atoms with Crippen molar-refractivity contribution < 1.29 is 19.0 Å². The summed E-state index contributed by atoms with van der Waals surface area (Å²) in [6.45, 7) is -0.310. The van der Waals surface area contributed by atoms with Crippen molar-refractivity contribution in [2.45, 2.75) is 18.7 Å². The molecule has 0 saturated carbocycles. The Bertz CT molecular complexity index is 410. The fraction of sp³-hybridized carbons (Fsp3) is 0.333. The first-order valence-electron chi connectivity index (χ1n) is 5.28. The molecule has 0 fully saturated rings. The van der Waals surface area contributed by atoms with Gasteiger partial charge in [0, 0.05) is 17.7 Å². The molecule has 1 aromatic carbocycles. The van der Waals surface area contributed by atoms with Crippen LogP contribution in [-0.2, 0) is 4.74 Å². The van der Waals surface area contributed by atoms with E-state index in [0.29, 0.717) is 16.8 Å². The molecular weight excluding hydrogens is 261 g/mol. The van der Waals surface area contributed by atoms with E-state index in [1.165, 1.54) is 12.1 Å². The maximum atomic E-state index is 12.7. The molecular formula is C12H13ClFNO3. The van der Waals surface area contributed by atoms with E-state index < -0.39 is 18.2 Å². The Labute approximate surface area is 109 Å². The first-order valence-corrected chi connectivity index (χ1v) is 5.66. The highest BCUT2D eigenvalue weighted by atomic mass is 35.5. The van der Waals surface area contributed by atoms with Crippen molar-refractivity contribution >= 4 is 23.8 Å². The third kappa shape index (κ3) is 4.81. The van der Waals surface area contributed by atoms with Crippen molar-refractivity contribution in [3.05, 3.63) is 34.9 Å². The highest BCUT2D eigenvalue weighted by molar-refractivity contribution is 6.30. The molecule has 2 N–H and O–H groups in total. The number of aliphatic hydroxyl groups excluding tert-OH is 1. The lowest BCUT2D eigenvalue weighted by molar-refractivity contribution is 0.0206. The number of alkyl halides is 1. The lowest BCUT2D eigenvalue weighted by atomic mass is 10.2. The summed E-state index contributed by atoms with van der Waals surface area (Å²) in [5, 5.41) is 16.5. The number of esters is 1. The second-order valence-corrected chi connectivity index (χ2v) is 4.11. The second-order valence-electron chi connectivity index (χ2n) is 3.68. The van der Waals surface area contributed by atoms with Crippen LogP contribution in [0.1, 0.15) is 16.8 Å². The maximum Gasteiger partial charge on any atom is 0.338 e. The minimum Gasteiger partial charge on any atom is -0.459 e. The first-order chi connectivity index (χ1) is 8.52. The van der Waals surface area contributed by atoms with Gasteiger partial charge in [0.05, 0.1) is 11.7 Å². The van der Waals surface area contributed by atoms with Crippen LogP contribution in [0.4, 0.5) is 4.39 Å². The number of hydrogen-bond donors (Lipinski definition) is 2. The summed E-state index contributed by atoms with van der Waals surface area (Å²) < 4.78 is 17.5. The van der Waals surface area contributed by atoms with Gasteiger partial charge < -0.3 is 15.3 Å². The van der Waals surface area contributed by atoms with Crippen LogP contribution in [0.5, 0.6) is 0 Å². The number of ether oxygens (including phenoxy) is 1. The largest absolute Gasteiger partial charge is 0.459 e. The average molecular weight is 274 g/mol. The number of aliphatic hydroxyl groups is 1. The second kappa shape index (κ2) is 7.08. The highest BCUT2D eigenvalue weighted by Crippen LogP contribution is 2.11. The van der Waals surface area contributed by atoms with E-state index in [9.17, 15) is 14.3 Å². The number of hydrogen-bond acceptors (Lipinski definition) is 4. The number of nitrogens with one attached hydrogen (secondary N) is 1. The molecule has 2 atom stereocenters. The lowest BCUT2D eigenvalue weighted by Gasteiger charge is -2.11. The van der Waals surface area contributed by atoms with Gasteiger partial charge in [-0.3, -0.25) is 0 Å². The van der Waals surface area contributed by atoms with Gasteiger partial charge in [0.1, 0.15) is 12.8 Å². The average Bonchev–Trinajstić information content (AvgIpc) is 2.36. The molecule has 18 heavy (non-hydrogen) atoms. The van der Waals surface area contributed by atoms with Crippen LogP contribution in [0, 0.1) is 5.41 Å². The van der Waals surface area contributed by atoms with Gasteiger partial charge in [-0.1, -0.05) is 11.6 Å². The summed E-state index contributed by atoms with van der Waals surface area (Å²) in [5.74, 6) is -0.615. The van der Waals surface area contributed by atoms with Crippen LogP contribution < -0.4 is 0 Å². The fourth-order valence-electron chi connectivity index (χ4n) is 1.24. The summed E-state index contributed by atoms with van der Waals surface area (Å²) >= 11 is 5.66. The van der Waals surface area contributed by atoms with Crippen LogP contribution in [0.25, 0.3) is 0 Å². The molecule has 0 unspecified atom stereocenters. The Morgan fingerprint density at radius 1 is 1.50 bits per heavy atom. The quantitative estimate of drug-likeness (QED) is 0.617. The van der Waals surface area contributed by atoms with Gasteiger partial charge >= 0.3 is 5.97 Å². The summed E-state index contributed by atoms with van der Waals surface area (Å²) in [6.07, 6.45) is -2.34. The smallest absolute Gasteiger partial charge is 0.338 e. The van der Waals surface area contributed by atoms with Crippen LogP contribution in [0.2, 0.25) is 5.02 Å². The Hall–Kier alpha value is -1.46. The van der Waals surface area contributed by atoms with Gasteiger partial charge in [0.15, 0.2) is 0 Å². The molecule has 1 rings (SSSR count). The Kier molecular flexibility index (Phi) is 5.74. The fourth-order valence-corrected chi connectivity index (χ4v) is 1.36. The topological polar surface area (TPSA) is 70.4 Å². The summed E-state index contributed by atoms with van der Waals surface area (Å²) in [6, 6.07) is 6.07. The normalized spacial score (nSPS) is 13.7. The van der Waals surface area contributed by atoms with Crippen molar-refractivity contribution in [1.82, 2.24) is 0 Å². The molecule has 0 aliphatic heterocycles. The molecule has 0 saturated heterocycles. The molecule has 0 aromatic heterocycles. The number of carbonyl (C=O) groups excluding carboxylic acids is 1. The molecule has 98 valence electrons. The van der Waals surface area contributed by atoms with Gasteiger partial charge in [0.2, 0.25) is 0 Å². The zero-order chi connectivity index (χ0) is 13.5. The van der Waals surface area contributed by atoms with Crippen molar-refractivity contribution in [2.24, 2.45) is 0 Å². The zero-order valence-corrected chi connectivity index (χ0v) is 10.2. The molecule has 0 amide bonds. The van der Waals surface area contributed by atoms with Gasteiger partial charge in [-0.05, 0) is 24.3 Å². The molecule has 0 aliphatic carbocycles. The zero-order valence-electron chi connectivity index (χ0n) is 9.48. The molecule has 4 nitrogen and oxygen atoms in total. The lowest BCUT2D eigenvalue weighted by Crippen LogP contribution is -2.22. The molecule has 0 heterocycles. The van der Waals surface area contributed by atoms with Crippen LogP contribution in [0.3, 0.4) is 0 Å². The Balaban J connectivity index is 2.41. The minimum absolute atomic E-state index is 0.266. The van der Waals surface area contributed by atoms with E-state index in [-0.39, 0.29) is 13.0 Å². The summed E-state index contributed by atoms with van der Waals surface area (Å²) in [5.41, 5.74) is 0.301. The highest BCUT2D eigenvalue weighted by Gasteiger charge is 2.14. The van der Waals surface area contributed by atoms with Gasteiger partial charge in [-0.15, -0.1) is 0 Å². The monoisotopic (exact) mass is 273 g/mol. The van der Waals surface area contributed by atoms with E-state index >= 15 is 0 Å². The molecule has 0 radical (unpaired) electrons. The van der Waals surface area contributed by atoms with Crippen molar-refractivity contribution in [3.8, 4) is 0 Å². The number of benzene rings is 1. The molecule has 0 aliphatic rings. The van der Waals surface area contributed by atoms with Crippen molar-refractivity contribution in [3.63, 3.8) is 0 Å². The Morgan fingerprint density at radius 3 is 2.67 bits per heavy atom. The third-order valence-corrected chi connectivity index (χ3v) is 2.42. The van der Waals surface area contributed by atoms with Gasteiger partial charge in [-0.25, -0.2) is 9.18 Å². The van der Waals surface area contributed by atoms with Crippen LogP contribution in [-0.4, -0.2) is 36.2 Å². The van der Waals surface area contributed by atoms with Gasteiger partial charge in [0.25, 0.3) is 0 Å². The Morgan fingerprint density at radius 2 is 2.11 bits per heavy atom. The third-order valence-electron chi connectivity index (χ3n) is 2.16. The van der Waals surface area contributed by atoms with Crippen molar-refractivity contribution in [2.75, 3.05) is 6.61 Å². The van der Waals surface area contributed by atoms with E-state index in [4.69, 9.17) is 21.7 Å². The van der Waals surface area contributed by atoms with Gasteiger partial charge in [-0.2, -0.15) is 0 Å². The number of carbonyl (C=O) groups is 1. The summed E-state index contributed by atoms with van der Waals surface area (Å²) in [4.78, 5) is 11.5. The summed E-state index contributed by atoms with van der Waals surface area (Å²) in [7, 11) is 0. The van der Waals surface area contributed by atoms with Crippen LogP contribution >= 0.6 is 11.6 Å². The predicted molar refractivity (Wildman–Crippen MR) is 66.0 cm³/mol. The number of rotatable bonds is 6. The van der Waals surface area contributed by atoms with E-state index in [0.717, 1.165) is 0 Å². The van der Waals surface area contributed by atoms with E-state index in [2.05, 4.69) is 0 Å². The standard InChI is InChI=1S/C12H13ClFNO3/c13-9-3-1-8(2-4-9)12(17)18-7-11(16)5-10(14)6-15/h1-4,6,10-11,15-16H,5,7H2/t10-,11-/m0/s1. The molecule has 0 bridgehead atoms. The van der Waals surface area contributed by atoms with Crippen LogP contribution in [0.15, 0.2) is 24.3 Å². The SMILES string of the molecule is N=C[C@@H](F)C[C@H](O)COC(=O)c1ccc(Cl)cc1. The van der Waals surface area contributed by atoms with Crippen molar-refractivity contribution in [1.29, 1.82) is 5.41 Å². The maximum absolute atomic E-state index is 12.7. The predicted octanol–water partition coefficient (Wildman–Crippen LogP) is 2.24. The minimum atomic E-state index is -1.53.